The number of amides is 1. The van der Waals surface area contributed by atoms with Gasteiger partial charge in [-0.3, -0.25) is 14.2 Å². The molecule has 1 aromatic heterocycles. The van der Waals surface area contributed by atoms with E-state index in [0.29, 0.717) is 32.9 Å². The molecular weight excluding hydrogens is 402 g/mol. The van der Waals surface area contributed by atoms with Crippen LogP contribution in [-0.2, 0) is 22.7 Å². The van der Waals surface area contributed by atoms with Gasteiger partial charge in [-0.25, -0.2) is 4.98 Å². The number of benzene rings is 1. The molecule has 1 aliphatic rings. The van der Waals surface area contributed by atoms with Crippen molar-refractivity contribution in [3.8, 4) is 5.88 Å². The molecule has 0 N–H and O–H groups in total. The summed E-state index contributed by atoms with van der Waals surface area (Å²) in [6, 6.07) is 9.64. The molecule has 1 amide bonds. The fourth-order valence-corrected chi connectivity index (χ4v) is 3.07. The van der Waals surface area contributed by atoms with Gasteiger partial charge in [-0.2, -0.15) is 0 Å². The Balaban J connectivity index is 1.60. The van der Waals surface area contributed by atoms with Crippen LogP contribution < -0.4 is 10.3 Å². The van der Waals surface area contributed by atoms with Crippen LogP contribution in [0.15, 0.2) is 45.9 Å². The topological polar surface area (TPSA) is 73.7 Å². The van der Waals surface area contributed by atoms with Crippen LogP contribution in [0, 0.1) is 0 Å². The van der Waals surface area contributed by atoms with Crippen LogP contribution in [0.5, 0.6) is 5.88 Å². The number of carbonyl (C=O) groups is 1. The minimum Gasteiger partial charge on any atom is -0.472 e. The summed E-state index contributed by atoms with van der Waals surface area (Å²) in [6.07, 6.45) is 1.66. The number of carbonyl (C=O) groups excluding carboxylic acids is 1. The van der Waals surface area contributed by atoms with Gasteiger partial charge in [0.15, 0.2) is 0 Å². The maximum atomic E-state index is 12.4. The van der Waals surface area contributed by atoms with Crippen molar-refractivity contribution >= 4 is 21.8 Å². The Morgan fingerprint density at radius 1 is 1.23 bits per heavy atom. The number of hydrogen-bond acceptors (Lipinski definition) is 5. The molecule has 1 fully saturated rings. The number of rotatable bonds is 6. The monoisotopic (exact) mass is 421 g/mol. The minimum atomic E-state index is -0.266. The van der Waals surface area contributed by atoms with E-state index in [4.69, 9.17) is 9.47 Å². The second-order valence-corrected chi connectivity index (χ2v) is 6.67. The van der Waals surface area contributed by atoms with Gasteiger partial charge in [-0.05, 0) is 21.5 Å². The number of hydrogen-bond donors (Lipinski definition) is 0. The summed E-state index contributed by atoms with van der Waals surface area (Å²) in [5, 5.41) is 0. The van der Waals surface area contributed by atoms with Crippen LogP contribution in [0.2, 0.25) is 0 Å². The lowest BCUT2D eigenvalue weighted by Gasteiger charge is -2.26. The molecule has 0 aliphatic carbocycles. The Hall–Kier alpha value is -2.19. The second kappa shape index (κ2) is 8.95. The van der Waals surface area contributed by atoms with Crippen molar-refractivity contribution in [2.45, 2.75) is 19.6 Å². The first-order valence-corrected chi connectivity index (χ1v) is 9.21. The van der Waals surface area contributed by atoms with E-state index in [1.807, 2.05) is 30.3 Å². The fourth-order valence-electron chi connectivity index (χ4n) is 2.62. The van der Waals surface area contributed by atoms with Crippen LogP contribution in [-0.4, -0.2) is 46.7 Å². The predicted molar refractivity (Wildman–Crippen MR) is 99.0 cm³/mol. The lowest BCUT2D eigenvalue weighted by molar-refractivity contribution is -0.135. The van der Waals surface area contributed by atoms with Crippen molar-refractivity contribution < 1.29 is 14.3 Å². The summed E-state index contributed by atoms with van der Waals surface area (Å²) in [5.74, 6) is 0.260. The Kier molecular flexibility index (Phi) is 6.40. The molecule has 1 aromatic carbocycles. The summed E-state index contributed by atoms with van der Waals surface area (Å²) in [4.78, 5) is 30.6. The summed E-state index contributed by atoms with van der Waals surface area (Å²) in [5.41, 5.74) is 0.722. The van der Waals surface area contributed by atoms with Crippen LogP contribution in [0.3, 0.4) is 0 Å². The van der Waals surface area contributed by atoms with Crippen LogP contribution in [0.25, 0.3) is 0 Å². The lowest BCUT2D eigenvalue weighted by atomic mass is 10.2. The highest BCUT2D eigenvalue weighted by atomic mass is 79.9. The van der Waals surface area contributed by atoms with Gasteiger partial charge in [-0.15, -0.1) is 0 Å². The quantitative estimate of drug-likeness (QED) is 0.711. The zero-order valence-corrected chi connectivity index (χ0v) is 15.9. The summed E-state index contributed by atoms with van der Waals surface area (Å²) in [7, 11) is 0. The molecule has 2 heterocycles. The maximum Gasteiger partial charge on any atom is 0.271 e. The van der Waals surface area contributed by atoms with Gasteiger partial charge in [0.05, 0.1) is 13.2 Å². The molecule has 0 atom stereocenters. The Labute approximate surface area is 159 Å². The highest BCUT2D eigenvalue weighted by Crippen LogP contribution is 2.18. The number of aryl methyl sites for hydroxylation is 1. The van der Waals surface area contributed by atoms with E-state index in [9.17, 15) is 9.59 Å². The number of aromatic nitrogens is 2. The molecule has 1 saturated heterocycles. The number of halogens is 1. The zero-order chi connectivity index (χ0) is 18.4. The normalized spacial score (nSPS) is 14.3. The van der Waals surface area contributed by atoms with Gasteiger partial charge in [0.2, 0.25) is 11.8 Å². The van der Waals surface area contributed by atoms with Crippen LogP contribution in [0.4, 0.5) is 0 Å². The van der Waals surface area contributed by atoms with Crippen molar-refractivity contribution in [2.75, 3.05) is 26.3 Å². The number of morpholine rings is 1. The zero-order valence-electron chi connectivity index (χ0n) is 14.3. The SMILES string of the molecule is O=C(CCn1cnc(OCc2ccccc2)c(Br)c1=O)N1CCOCC1. The van der Waals surface area contributed by atoms with Gasteiger partial charge < -0.3 is 14.4 Å². The van der Waals surface area contributed by atoms with Gasteiger partial charge in [0.25, 0.3) is 5.56 Å². The molecule has 0 radical (unpaired) electrons. The predicted octanol–water partition coefficient (Wildman–Crippen LogP) is 1.83. The molecule has 3 rings (SSSR count). The van der Waals surface area contributed by atoms with Gasteiger partial charge in [0.1, 0.15) is 17.4 Å². The summed E-state index contributed by atoms with van der Waals surface area (Å²) in [6.45, 7) is 2.92. The molecule has 26 heavy (non-hydrogen) atoms. The molecule has 0 saturated carbocycles. The van der Waals surface area contributed by atoms with Crippen molar-refractivity contribution in [1.29, 1.82) is 0 Å². The van der Waals surface area contributed by atoms with Gasteiger partial charge in [-0.1, -0.05) is 30.3 Å². The average molecular weight is 422 g/mol. The van der Waals surface area contributed by atoms with Crippen LogP contribution in [0.1, 0.15) is 12.0 Å². The Morgan fingerprint density at radius 2 is 1.96 bits per heavy atom. The van der Waals surface area contributed by atoms with Crippen molar-refractivity contribution in [3.63, 3.8) is 0 Å². The molecule has 1 aliphatic heterocycles. The molecule has 0 bridgehead atoms. The van der Waals surface area contributed by atoms with Crippen molar-refractivity contribution in [1.82, 2.24) is 14.5 Å². The smallest absolute Gasteiger partial charge is 0.271 e. The van der Waals surface area contributed by atoms with E-state index >= 15 is 0 Å². The molecular formula is C18H20BrN3O4. The third kappa shape index (κ3) is 4.70. The molecule has 2 aromatic rings. The standard InChI is InChI=1S/C18H20BrN3O4/c19-16-17(26-12-14-4-2-1-3-5-14)20-13-22(18(16)24)7-6-15(23)21-8-10-25-11-9-21/h1-5,13H,6-12H2. The maximum absolute atomic E-state index is 12.4. The molecule has 0 spiro atoms. The molecule has 8 heteroatoms. The molecule has 7 nitrogen and oxygen atoms in total. The Morgan fingerprint density at radius 3 is 2.69 bits per heavy atom. The fraction of sp³-hybridized carbons (Fsp3) is 0.389. The third-order valence-corrected chi connectivity index (χ3v) is 4.78. The largest absolute Gasteiger partial charge is 0.472 e. The average Bonchev–Trinajstić information content (AvgIpc) is 2.69. The highest BCUT2D eigenvalue weighted by molar-refractivity contribution is 9.10. The van der Waals surface area contributed by atoms with E-state index in [1.165, 1.54) is 10.9 Å². The van der Waals surface area contributed by atoms with E-state index in [1.54, 1.807) is 4.90 Å². The van der Waals surface area contributed by atoms with E-state index in [-0.39, 0.29) is 34.8 Å². The first-order chi connectivity index (χ1) is 12.6. The van der Waals surface area contributed by atoms with Gasteiger partial charge in [0, 0.05) is 26.1 Å². The number of ether oxygens (including phenoxy) is 2. The molecule has 138 valence electrons. The molecule has 0 unspecified atom stereocenters. The third-order valence-electron chi connectivity index (χ3n) is 4.10. The Bertz CT molecular complexity index is 804. The van der Waals surface area contributed by atoms with E-state index in [0.717, 1.165) is 5.56 Å². The summed E-state index contributed by atoms with van der Waals surface area (Å²) >= 11 is 3.26. The summed E-state index contributed by atoms with van der Waals surface area (Å²) < 4.78 is 12.5. The van der Waals surface area contributed by atoms with Crippen molar-refractivity contribution in [2.24, 2.45) is 0 Å². The minimum absolute atomic E-state index is 0.0146. The first-order valence-electron chi connectivity index (χ1n) is 8.42. The lowest BCUT2D eigenvalue weighted by Crippen LogP contribution is -2.41. The van der Waals surface area contributed by atoms with E-state index in [2.05, 4.69) is 20.9 Å². The van der Waals surface area contributed by atoms with Crippen LogP contribution >= 0.6 is 15.9 Å². The van der Waals surface area contributed by atoms with E-state index < -0.39 is 0 Å². The van der Waals surface area contributed by atoms with Gasteiger partial charge >= 0.3 is 0 Å². The van der Waals surface area contributed by atoms with Crippen molar-refractivity contribution in [3.05, 3.63) is 57.0 Å². The first kappa shape index (κ1) is 18.6. The second-order valence-electron chi connectivity index (χ2n) is 5.88. The number of nitrogens with zero attached hydrogens (tertiary/aromatic N) is 3. The highest BCUT2D eigenvalue weighted by Gasteiger charge is 2.17.